The Balaban J connectivity index is 1.43. The fraction of sp³-hybridized carbons (Fsp3) is 0.545. The van der Waals surface area contributed by atoms with Gasteiger partial charge in [0.15, 0.2) is 0 Å². The van der Waals surface area contributed by atoms with Crippen molar-refractivity contribution in [1.29, 1.82) is 0 Å². The number of benzene rings is 1. The van der Waals surface area contributed by atoms with Crippen molar-refractivity contribution in [3.8, 4) is 5.75 Å². The first kappa shape index (κ1) is 17.1. The van der Waals surface area contributed by atoms with Gasteiger partial charge in [-0.25, -0.2) is 9.97 Å². The molecule has 5 nitrogen and oxygen atoms in total. The average Bonchev–Trinajstić information content (AvgIpc) is 3.49. The molecule has 3 heterocycles. The number of nitrogens with zero attached hydrogens (tertiary/aromatic N) is 3. The van der Waals surface area contributed by atoms with Crippen molar-refractivity contribution in [3.63, 3.8) is 0 Å². The van der Waals surface area contributed by atoms with Crippen molar-refractivity contribution in [3.05, 3.63) is 52.6 Å². The molecule has 5 rings (SSSR count). The maximum Gasteiger partial charge on any atom is 0.131 e. The van der Waals surface area contributed by atoms with Crippen LogP contribution in [0.1, 0.15) is 65.9 Å². The molecule has 2 aliphatic heterocycles. The van der Waals surface area contributed by atoms with Gasteiger partial charge in [-0.05, 0) is 43.4 Å². The zero-order valence-electron chi connectivity index (χ0n) is 16.1. The van der Waals surface area contributed by atoms with Crippen LogP contribution in [0.3, 0.4) is 0 Å². The lowest BCUT2D eigenvalue weighted by Crippen LogP contribution is -2.37. The second-order valence-electron chi connectivity index (χ2n) is 8.11. The normalized spacial score (nSPS) is 24.1. The number of aromatic nitrogens is 2. The molecule has 2 bridgehead atoms. The predicted octanol–water partition coefficient (Wildman–Crippen LogP) is 3.77. The molecular formula is C22H27N3O2. The Morgan fingerprint density at radius 1 is 1.15 bits per heavy atom. The summed E-state index contributed by atoms with van der Waals surface area (Å²) >= 11 is 0. The van der Waals surface area contributed by atoms with Crippen LogP contribution in [-0.2, 0) is 24.3 Å². The summed E-state index contributed by atoms with van der Waals surface area (Å²) in [5, 5.41) is 0. The highest BCUT2D eigenvalue weighted by Gasteiger charge is 2.41. The van der Waals surface area contributed by atoms with E-state index < -0.39 is 0 Å². The molecule has 1 aromatic carbocycles. The van der Waals surface area contributed by atoms with Gasteiger partial charge in [0, 0.05) is 55.4 Å². The molecule has 0 amide bonds. The number of hydrogen-bond donors (Lipinski definition) is 0. The van der Waals surface area contributed by atoms with Gasteiger partial charge < -0.3 is 9.47 Å². The summed E-state index contributed by atoms with van der Waals surface area (Å²) in [5.74, 6) is 2.66. The Kier molecular flexibility index (Phi) is 4.37. The summed E-state index contributed by atoms with van der Waals surface area (Å²) in [5.41, 5.74) is 5.08. The zero-order chi connectivity index (χ0) is 18.4. The lowest BCUT2D eigenvalue weighted by Gasteiger charge is -2.36. The summed E-state index contributed by atoms with van der Waals surface area (Å²) < 4.78 is 10.9. The van der Waals surface area contributed by atoms with Gasteiger partial charge in [0.05, 0.1) is 19.4 Å². The third-order valence-electron chi connectivity index (χ3n) is 6.30. The van der Waals surface area contributed by atoms with Gasteiger partial charge in [0.2, 0.25) is 0 Å². The second kappa shape index (κ2) is 6.88. The zero-order valence-corrected chi connectivity index (χ0v) is 16.1. The molecule has 0 unspecified atom stereocenters. The summed E-state index contributed by atoms with van der Waals surface area (Å²) in [7, 11) is 3.49. The van der Waals surface area contributed by atoms with Crippen LogP contribution < -0.4 is 4.74 Å². The Morgan fingerprint density at radius 3 is 2.81 bits per heavy atom. The predicted molar refractivity (Wildman–Crippen MR) is 103 cm³/mol. The first-order valence-electron chi connectivity index (χ1n) is 10.0. The molecule has 1 saturated heterocycles. The molecule has 2 aromatic rings. The van der Waals surface area contributed by atoms with Crippen molar-refractivity contribution in [1.82, 2.24) is 14.9 Å². The van der Waals surface area contributed by atoms with E-state index in [9.17, 15) is 0 Å². The van der Waals surface area contributed by atoms with Crippen LogP contribution in [0.2, 0.25) is 0 Å². The highest BCUT2D eigenvalue weighted by molar-refractivity contribution is 5.38. The van der Waals surface area contributed by atoms with E-state index in [4.69, 9.17) is 19.4 Å². The van der Waals surface area contributed by atoms with Crippen LogP contribution in [0, 0.1) is 0 Å². The van der Waals surface area contributed by atoms with Crippen molar-refractivity contribution in [2.45, 2.75) is 63.3 Å². The van der Waals surface area contributed by atoms with E-state index >= 15 is 0 Å². The molecule has 2 atom stereocenters. The van der Waals surface area contributed by atoms with Crippen LogP contribution in [-0.4, -0.2) is 35.1 Å². The molecule has 0 spiro atoms. The van der Waals surface area contributed by atoms with Crippen LogP contribution >= 0.6 is 0 Å². The average molecular weight is 365 g/mol. The first-order valence-corrected chi connectivity index (χ1v) is 10.0. The van der Waals surface area contributed by atoms with Gasteiger partial charge >= 0.3 is 0 Å². The number of methoxy groups -OCH3 is 2. The fourth-order valence-corrected chi connectivity index (χ4v) is 4.78. The molecule has 1 aromatic heterocycles. The fourth-order valence-electron chi connectivity index (χ4n) is 4.78. The summed E-state index contributed by atoms with van der Waals surface area (Å²) in [6, 6.07) is 7.38. The topological polar surface area (TPSA) is 47.5 Å². The lowest BCUT2D eigenvalue weighted by atomic mass is 9.97. The first-order chi connectivity index (χ1) is 13.3. The summed E-state index contributed by atoms with van der Waals surface area (Å²) in [6.45, 7) is 1.53. The molecule has 3 aliphatic rings. The minimum atomic E-state index is 0.433. The van der Waals surface area contributed by atoms with E-state index in [1.54, 1.807) is 14.2 Å². The Morgan fingerprint density at radius 2 is 2.04 bits per heavy atom. The third kappa shape index (κ3) is 3.13. The Labute approximate surface area is 160 Å². The number of hydrogen-bond acceptors (Lipinski definition) is 5. The van der Waals surface area contributed by atoms with E-state index in [0.29, 0.717) is 24.6 Å². The van der Waals surface area contributed by atoms with Crippen LogP contribution in [0.4, 0.5) is 0 Å². The maximum absolute atomic E-state index is 5.64. The van der Waals surface area contributed by atoms with Gasteiger partial charge in [0.25, 0.3) is 0 Å². The van der Waals surface area contributed by atoms with E-state index in [1.165, 1.54) is 48.1 Å². The smallest absolute Gasteiger partial charge is 0.131 e. The largest absolute Gasteiger partial charge is 0.496 e. The number of ether oxygens (including phenoxy) is 2. The third-order valence-corrected chi connectivity index (χ3v) is 6.30. The van der Waals surface area contributed by atoms with Gasteiger partial charge in [0.1, 0.15) is 11.6 Å². The van der Waals surface area contributed by atoms with Crippen molar-refractivity contribution >= 4 is 0 Å². The molecule has 0 N–H and O–H groups in total. The minimum Gasteiger partial charge on any atom is -0.496 e. The molecule has 142 valence electrons. The number of fused-ring (bicyclic) bond motifs is 4. The SMILES string of the molecule is COCc1ccc(OC)c(CN2[C@H]3CC[C@@H]2c2cnc(C4CC4)nc2C3)c1. The molecule has 1 saturated carbocycles. The standard InChI is InChI=1S/C22H27N3O2/c1-26-13-14-3-8-21(27-2)16(9-14)12-25-17-6-7-20(25)18-11-23-22(15-4-5-15)24-19(18)10-17/h3,8-9,11,15,17,20H,4-7,10,12-13H2,1-2H3/t17-,20+/m0/s1. The monoisotopic (exact) mass is 365 g/mol. The molecule has 2 fully saturated rings. The molecule has 27 heavy (non-hydrogen) atoms. The van der Waals surface area contributed by atoms with Gasteiger partial charge in [-0.1, -0.05) is 6.07 Å². The van der Waals surface area contributed by atoms with E-state index in [2.05, 4.69) is 29.3 Å². The Hall–Kier alpha value is -1.98. The van der Waals surface area contributed by atoms with E-state index in [-0.39, 0.29) is 0 Å². The van der Waals surface area contributed by atoms with Crippen LogP contribution in [0.5, 0.6) is 5.75 Å². The number of rotatable bonds is 6. The van der Waals surface area contributed by atoms with Crippen LogP contribution in [0.25, 0.3) is 0 Å². The van der Waals surface area contributed by atoms with E-state index in [1.807, 2.05) is 0 Å². The van der Waals surface area contributed by atoms with Crippen LogP contribution in [0.15, 0.2) is 24.4 Å². The van der Waals surface area contributed by atoms with Crippen molar-refractivity contribution < 1.29 is 9.47 Å². The highest BCUT2D eigenvalue weighted by Crippen LogP contribution is 2.45. The summed E-state index contributed by atoms with van der Waals surface area (Å²) in [4.78, 5) is 12.3. The second-order valence-corrected chi connectivity index (χ2v) is 8.11. The van der Waals surface area contributed by atoms with Crippen molar-refractivity contribution in [2.24, 2.45) is 0 Å². The minimum absolute atomic E-state index is 0.433. The summed E-state index contributed by atoms with van der Waals surface area (Å²) in [6.07, 6.45) is 8.12. The maximum atomic E-state index is 5.64. The quantitative estimate of drug-likeness (QED) is 0.780. The molecule has 0 radical (unpaired) electrons. The van der Waals surface area contributed by atoms with Gasteiger partial charge in [-0.3, -0.25) is 4.90 Å². The Bertz CT molecular complexity index is 849. The van der Waals surface area contributed by atoms with Gasteiger partial charge in [-0.2, -0.15) is 0 Å². The molecular weight excluding hydrogens is 338 g/mol. The molecule has 5 heteroatoms. The van der Waals surface area contributed by atoms with Crippen molar-refractivity contribution in [2.75, 3.05) is 14.2 Å². The van der Waals surface area contributed by atoms with E-state index in [0.717, 1.165) is 24.5 Å². The van der Waals surface area contributed by atoms with Gasteiger partial charge in [-0.15, -0.1) is 0 Å². The highest BCUT2D eigenvalue weighted by atomic mass is 16.5. The lowest BCUT2D eigenvalue weighted by molar-refractivity contribution is 0.163. The molecule has 1 aliphatic carbocycles.